The number of hydrogen-bond donors (Lipinski definition) is 0. The third-order valence-electron chi connectivity index (χ3n) is 2.23. The Kier molecular flexibility index (Phi) is 3.14. The second-order valence-electron chi connectivity index (χ2n) is 3.85. The molecule has 0 N–H and O–H groups in total. The first-order valence-electron chi connectivity index (χ1n) is 4.76. The third kappa shape index (κ3) is 2.77. The number of hydrogen-bond acceptors (Lipinski definition) is 2. The van der Waals surface area contributed by atoms with E-state index in [2.05, 4.69) is 13.0 Å². The SMILES string of the molecule is CCC(C)(C)Oc1ccc(C#N)cc1. The maximum Gasteiger partial charge on any atom is 0.120 e. The van der Waals surface area contributed by atoms with Crippen LogP contribution in [0.25, 0.3) is 0 Å². The molecule has 1 rings (SSSR count). The summed E-state index contributed by atoms with van der Waals surface area (Å²) >= 11 is 0. The fourth-order valence-corrected chi connectivity index (χ4v) is 0.989. The number of nitriles is 1. The Morgan fingerprint density at radius 1 is 1.29 bits per heavy atom. The smallest absolute Gasteiger partial charge is 0.120 e. The van der Waals surface area contributed by atoms with Gasteiger partial charge in [0.1, 0.15) is 11.4 Å². The second-order valence-corrected chi connectivity index (χ2v) is 3.85. The van der Waals surface area contributed by atoms with Gasteiger partial charge in [0.25, 0.3) is 0 Å². The van der Waals surface area contributed by atoms with Gasteiger partial charge in [-0.1, -0.05) is 6.92 Å². The highest BCUT2D eigenvalue weighted by Gasteiger charge is 2.16. The molecule has 2 nitrogen and oxygen atoms in total. The molecule has 0 bridgehead atoms. The Labute approximate surface area is 85.1 Å². The molecule has 0 heterocycles. The first-order chi connectivity index (χ1) is 6.57. The van der Waals surface area contributed by atoms with Gasteiger partial charge in [0.15, 0.2) is 0 Å². The van der Waals surface area contributed by atoms with Crippen molar-refractivity contribution in [2.24, 2.45) is 0 Å². The Morgan fingerprint density at radius 2 is 1.86 bits per heavy atom. The molecule has 0 aliphatic rings. The summed E-state index contributed by atoms with van der Waals surface area (Å²) in [7, 11) is 0. The van der Waals surface area contributed by atoms with Crippen molar-refractivity contribution in [3.8, 4) is 11.8 Å². The van der Waals surface area contributed by atoms with Crippen LogP contribution in [-0.4, -0.2) is 5.60 Å². The number of nitrogens with zero attached hydrogens (tertiary/aromatic N) is 1. The van der Waals surface area contributed by atoms with Crippen molar-refractivity contribution in [1.82, 2.24) is 0 Å². The van der Waals surface area contributed by atoms with Crippen LogP contribution in [0.3, 0.4) is 0 Å². The lowest BCUT2D eigenvalue weighted by Crippen LogP contribution is -2.26. The van der Waals surface area contributed by atoms with E-state index in [0.29, 0.717) is 5.56 Å². The zero-order valence-electron chi connectivity index (χ0n) is 8.87. The van der Waals surface area contributed by atoms with Crippen LogP contribution in [0.15, 0.2) is 24.3 Å². The summed E-state index contributed by atoms with van der Waals surface area (Å²) in [5, 5.41) is 8.62. The van der Waals surface area contributed by atoms with Crippen molar-refractivity contribution in [3.63, 3.8) is 0 Å². The van der Waals surface area contributed by atoms with Gasteiger partial charge >= 0.3 is 0 Å². The number of benzene rings is 1. The van der Waals surface area contributed by atoms with Crippen molar-refractivity contribution >= 4 is 0 Å². The molecule has 2 heteroatoms. The molecule has 0 aliphatic carbocycles. The van der Waals surface area contributed by atoms with E-state index in [4.69, 9.17) is 10.00 Å². The number of rotatable bonds is 3. The Bertz CT molecular complexity index is 332. The maximum atomic E-state index is 8.62. The molecule has 0 amide bonds. The van der Waals surface area contributed by atoms with E-state index < -0.39 is 0 Å². The lowest BCUT2D eigenvalue weighted by molar-refractivity contribution is 0.105. The van der Waals surface area contributed by atoms with Crippen LogP contribution in [0, 0.1) is 11.3 Å². The van der Waals surface area contributed by atoms with Crippen LogP contribution in [0.4, 0.5) is 0 Å². The highest BCUT2D eigenvalue weighted by atomic mass is 16.5. The van der Waals surface area contributed by atoms with Crippen molar-refractivity contribution in [2.75, 3.05) is 0 Å². The van der Waals surface area contributed by atoms with Gasteiger partial charge in [-0.15, -0.1) is 0 Å². The molecule has 0 aliphatic heterocycles. The zero-order valence-corrected chi connectivity index (χ0v) is 8.87. The van der Waals surface area contributed by atoms with E-state index in [0.717, 1.165) is 12.2 Å². The van der Waals surface area contributed by atoms with Gasteiger partial charge in [-0.3, -0.25) is 0 Å². The summed E-state index contributed by atoms with van der Waals surface area (Å²) in [5.74, 6) is 0.816. The first-order valence-corrected chi connectivity index (χ1v) is 4.76. The quantitative estimate of drug-likeness (QED) is 0.731. The van der Waals surface area contributed by atoms with E-state index in [9.17, 15) is 0 Å². The Morgan fingerprint density at radius 3 is 2.29 bits per heavy atom. The van der Waals surface area contributed by atoms with Crippen LogP contribution >= 0.6 is 0 Å². The molecular weight excluding hydrogens is 174 g/mol. The highest BCUT2D eigenvalue weighted by molar-refractivity contribution is 5.34. The van der Waals surface area contributed by atoms with Crippen molar-refractivity contribution in [2.45, 2.75) is 32.8 Å². The molecule has 74 valence electrons. The molecule has 1 aromatic carbocycles. The molecular formula is C12H15NO. The van der Waals surface area contributed by atoms with E-state index in [1.807, 2.05) is 26.0 Å². The van der Waals surface area contributed by atoms with Gasteiger partial charge in [0, 0.05) is 0 Å². The van der Waals surface area contributed by atoms with Gasteiger partial charge in [-0.25, -0.2) is 0 Å². The monoisotopic (exact) mass is 189 g/mol. The Balaban J connectivity index is 2.75. The van der Waals surface area contributed by atoms with E-state index in [1.54, 1.807) is 12.1 Å². The number of ether oxygens (including phenoxy) is 1. The molecule has 0 unspecified atom stereocenters. The largest absolute Gasteiger partial charge is 0.488 e. The molecule has 0 fully saturated rings. The first kappa shape index (κ1) is 10.6. The predicted molar refractivity (Wildman–Crippen MR) is 56.2 cm³/mol. The minimum Gasteiger partial charge on any atom is -0.488 e. The predicted octanol–water partition coefficient (Wildman–Crippen LogP) is 3.13. The molecule has 0 saturated carbocycles. The minimum atomic E-state index is -0.145. The van der Waals surface area contributed by atoms with Gasteiger partial charge in [0.05, 0.1) is 11.6 Å². The van der Waals surface area contributed by atoms with Crippen LogP contribution in [-0.2, 0) is 0 Å². The molecule has 0 spiro atoms. The summed E-state index contributed by atoms with van der Waals surface area (Å²) in [5.41, 5.74) is 0.514. The van der Waals surface area contributed by atoms with Crippen molar-refractivity contribution in [1.29, 1.82) is 5.26 Å². The molecule has 14 heavy (non-hydrogen) atoms. The van der Waals surface area contributed by atoms with Crippen molar-refractivity contribution < 1.29 is 4.74 Å². The third-order valence-corrected chi connectivity index (χ3v) is 2.23. The lowest BCUT2D eigenvalue weighted by Gasteiger charge is -2.24. The molecule has 1 aromatic rings. The summed E-state index contributed by atoms with van der Waals surface area (Å²) in [6.45, 7) is 6.18. The molecule has 0 saturated heterocycles. The Hall–Kier alpha value is -1.49. The van der Waals surface area contributed by atoms with Crippen LogP contribution in [0.1, 0.15) is 32.8 Å². The normalized spacial score (nSPS) is 10.7. The molecule has 0 radical (unpaired) electrons. The topological polar surface area (TPSA) is 33.0 Å². The van der Waals surface area contributed by atoms with E-state index >= 15 is 0 Å². The van der Waals surface area contributed by atoms with Gasteiger partial charge in [-0.2, -0.15) is 5.26 Å². The van der Waals surface area contributed by atoms with E-state index in [-0.39, 0.29) is 5.60 Å². The second kappa shape index (κ2) is 4.15. The fraction of sp³-hybridized carbons (Fsp3) is 0.417. The zero-order chi connectivity index (χ0) is 10.6. The standard InChI is InChI=1S/C12H15NO/c1-4-12(2,3)14-11-7-5-10(9-13)6-8-11/h5-8H,4H2,1-3H3. The minimum absolute atomic E-state index is 0.145. The summed E-state index contributed by atoms with van der Waals surface area (Å²) < 4.78 is 5.74. The summed E-state index contributed by atoms with van der Waals surface area (Å²) in [4.78, 5) is 0. The van der Waals surface area contributed by atoms with Crippen LogP contribution in [0.5, 0.6) is 5.75 Å². The van der Waals surface area contributed by atoms with Crippen LogP contribution < -0.4 is 4.74 Å². The van der Waals surface area contributed by atoms with E-state index in [1.165, 1.54) is 0 Å². The van der Waals surface area contributed by atoms with Gasteiger partial charge < -0.3 is 4.74 Å². The molecule has 0 aromatic heterocycles. The summed E-state index contributed by atoms with van der Waals surface area (Å²) in [6.07, 6.45) is 0.951. The summed E-state index contributed by atoms with van der Waals surface area (Å²) in [6, 6.07) is 9.26. The average molecular weight is 189 g/mol. The fourth-order valence-electron chi connectivity index (χ4n) is 0.989. The van der Waals surface area contributed by atoms with Crippen molar-refractivity contribution in [3.05, 3.63) is 29.8 Å². The van der Waals surface area contributed by atoms with Gasteiger partial charge in [0.2, 0.25) is 0 Å². The average Bonchev–Trinajstić information content (AvgIpc) is 2.19. The van der Waals surface area contributed by atoms with Gasteiger partial charge in [-0.05, 0) is 44.5 Å². The lowest BCUT2D eigenvalue weighted by atomic mass is 10.1. The maximum absolute atomic E-state index is 8.62. The highest BCUT2D eigenvalue weighted by Crippen LogP contribution is 2.20. The molecule has 0 atom stereocenters. The van der Waals surface area contributed by atoms with Crippen LogP contribution in [0.2, 0.25) is 0 Å².